The highest BCUT2D eigenvalue weighted by Gasteiger charge is 2.26. The van der Waals surface area contributed by atoms with Crippen molar-refractivity contribution >= 4 is 15.8 Å². The number of pyridine rings is 1. The van der Waals surface area contributed by atoms with Crippen molar-refractivity contribution in [3.63, 3.8) is 0 Å². The second-order valence-corrected chi connectivity index (χ2v) is 10.0. The first kappa shape index (κ1) is 24.2. The fourth-order valence-electron chi connectivity index (χ4n) is 4.01. The number of ketones is 1. The van der Waals surface area contributed by atoms with E-state index in [1.165, 1.54) is 60.1 Å². The number of nitriles is 1. The molecular weight excluding hydrogens is 470 g/mol. The molecular formula is C25H23N3O6S. The third-order valence-corrected chi connectivity index (χ3v) is 7.79. The zero-order valence-electron chi connectivity index (χ0n) is 19.0. The Bertz CT molecular complexity index is 1500. The van der Waals surface area contributed by atoms with Gasteiger partial charge in [-0.25, -0.2) is 8.42 Å². The fourth-order valence-corrected chi connectivity index (χ4v) is 5.56. The number of phenolic OH excluding ortho intramolecular Hbond substituents is 1. The summed E-state index contributed by atoms with van der Waals surface area (Å²) < 4.78 is 33.9. The first-order valence-corrected chi connectivity index (χ1v) is 12.4. The van der Waals surface area contributed by atoms with Gasteiger partial charge in [-0.15, -0.1) is 0 Å². The lowest BCUT2D eigenvalue weighted by Gasteiger charge is -2.26. The van der Waals surface area contributed by atoms with Crippen LogP contribution in [-0.2, 0) is 10.0 Å². The highest BCUT2D eigenvalue weighted by Crippen LogP contribution is 2.26. The molecule has 1 N–H and O–H groups in total. The van der Waals surface area contributed by atoms with E-state index in [0.29, 0.717) is 18.8 Å². The number of phenols is 1. The zero-order chi connectivity index (χ0) is 25.2. The molecule has 0 radical (unpaired) electrons. The average molecular weight is 494 g/mol. The van der Waals surface area contributed by atoms with Crippen LogP contribution >= 0.6 is 0 Å². The van der Waals surface area contributed by atoms with Crippen molar-refractivity contribution in [3.05, 3.63) is 81.8 Å². The van der Waals surface area contributed by atoms with Gasteiger partial charge in [0.2, 0.25) is 10.0 Å². The number of ether oxygens (including phenoxy) is 1. The first-order valence-electron chi connectivity index (χ1n) is 11.0. The van der Waals surface area contributed by atoms with Crippen molar-refractivity contribution < 1.29 is 23.1 Å². The van der Waals surface area contributed by atoms with E-state index in [2.05, 4.69) is 0 Å². The van der Waals surface area contributed by atoms with Gasteiger partial charge < -0.3 is 9.84 Å². The number of aromatic nitrogens is 1. The van der Waals surface area contributed by atoms with E-state index < -0.39 is 21.4 Å². The largest absolute Gasteiger partial charge is 0.507 e. The molecule has 0 atom stereocenters. The van der Waals surface area contributed by atoms with E-state index in [4.69, 9.17) is 4.74 Å². The van der Waals surface area contributed by atoms with Gasteiger partial charge in [0, 0.05) is 30.5 Å². The van der Waals surface area contributed by atoms with Gasteiger partial charge in [-0.2, -0.15) is 9.57 Å². The Labute approximate surface area is 202 Å². The second-order valence-electron chi connectivity index (χ2n) is 8.10. The summed E-state index contributed by atoms with van der Waals surface area (Å²) in [5.41, 5.74) is -0.920. The number of rotatable bonds is 6. The molecule has 1 aliphatic heterocycles. The molecule has 0 unspecified atom stereocenters. The molecule has 2 aromatic carbocycles. The molecule has 180 valence electrons. The van der Waals surface area contributed by atoms with Crippen molar-refractivity contribution in [3.8, 4) is 23.3 Å². The van der Waals surface area contributed by atoms with Crippen LogP contribution in [0.2, 0.25) is 0 Å². The normalized spacial score (nSPS) is 14.3. The summed E-state index contributed by atoms with van der Waals surface area (Å²) in [6.07, 6.45) is 3.77. The van der Waals surface area contributed by atoms with Crippen LogP contribution < -0.4 is 10.3 Å². The Morgan fingerprint density at radius 3 is 2.51 bits per heavy atom. The predicted octanol–water partition coefficient (Wildman–Crippen LogP) is 2.83. The molecule has 10 heteroatoms. The number of methoxy groups -OCH3 is 1. The second kappa shape index (κ2) is 9.74. The van der Waals surface area contributed by atoms with Crippen LogP contribution in [0.5, 0.6) is 11.5 Å². The number of piperidine rings is 1. The minimum absolute atomic E-state index is 0.0180. The third kappa shape index (κ3) is 4.69. The summed E-state index contributed by atoms with van der Waals surface area (Å²) >= 11 is 0. The van der Waals surface area contributed by atoms with Crippen molar-refractivity contribution in [1.82, 2.24) is 8.87 Å². The summed E-state index contributed by atoms with van der Waals surface area (Å²) in [6.45, 7) is 0.859. The molecule has 2 heterocycles. The van der Waals surface area contributed by atoms with E-state index in [1.54, 1.807) is 6.07 Å². The number of sulfonamides is 1. The van der Waals surface area contributed by atoms with Crippen molar-refractivity contribution in [2.75, 3.05) is 20.2 Å². The molecule has 9 nitrogen and oxygen atoms in total. The molecule has 35 heavy (non-hydrogen) atoms. The van der Waals surface area contributed by atoms with Gasteiger partial charge in [-0.05, 0) is 55.3 Å². The van der Waals surface area contributed by atoms with Gasteiger partial charge in [0.15, 0.2) is 5.78 Å². The topological polar surface area (TPSA) is 130 Å². The maximum atomic E-state index is 13.2. The van der Waals surface area contributed by atoms with Gasteiger partial charge in [-0.1, -0.05) is 12.5 Å². The van der Waals surface area contributed by atoms with Crippen molar-refractivity contribution in [2.24, 2.45) is 0 Å². The van der Waals surface area contributed by atoms with E-state index in [9.17, 15) is 28.4 Å². The lowest BCUT2D eigenvalue weighted by molar-refractivity contribution is 0.103. The van der Waals surface area contributed by atoms with Crippen LogP contribution in [0.25, 0.3) is 5.69 Å². The number of carbonyl (C=O) groups excluding carboxylic acids is 1. The number of nitrogens with zero attached hydrogens (tertiary/aromatic N) is 3. The third-order valence-electron chi connectivity index (χ3n) is 5.90. The Balaban J connectivity index is 1.81. The summed E-state index contributed by atoms with van der Waals surface area (Å²) in [5.74, 6) is -0.582. The molecule has 0 saturated carbocycles. The number of hydrogen-bond donors (Lipinski definition) is 1. The van der Waals surface area contributed by atoms with Crippen LogP contribution in [-0.4, -0.2) is 48.4 Å². The maximum Gasteiger partial charge on any atom is 0.273 e. The minimum atomic E-state index is -3.76. The minimum Gasteiger partial charge on any atom is -0.507 e. The molecule has 1 aliphatic rings. The quantitative estimate of drug-likeness (QED) is 0.523. The Kier molecular flexibility index (Phi) is 6.73. The lowest BCUT2D eigenvalue weighted by Crippen LogP contribution is -2.35. The molecule has 0 spiro atoms. The van der Waals surface area contributed by atoms with E-state index >= 15 is 0 Å². The van der Waals surface area contributed by atoms with Gasteiger partial charge in [0.25, 0.3) is 5.56 Å². The highest BCUT2D eigenvalue weighted by atomic mass is 32.2. The Morgan fingerprint density at radius 2 is 1.83 bits per heavy atom. The van der Waals surface area contributed by atoms with Gasteiger partial charge in [0.05, 0.1) is 17.6 Å². The van der Waals surface area contributed by atoms with Crippen LogP contribution in [0.15, 0.2) is 64.4 Å². The molecule has 1 fully saturated rings. The Hall–Kier alpha value is -3.94. The molecule has 4 rings (SSSR count). The smallest absolute Gasteiger partial charge is 0.273 e. The van der Waals surface area contributed by atoms with Gasteiger partial charge in [0.1, 0.15) is 23.1 Å². The highest BCUT2D eigenvalue weighted by molar-refractivity contribution is 7.89. The lowest BCUT2D eigenvalue weighted by atomic mass is 10.0. The first-order chi connectivity index (χ1) is 16.8. The van der Waals surface area contributed by atoms with Crippen LogP contribution in [0, 0.1) is 11.3 Å². The molecule has 1 saturated heterocycles. The number of aromatic hydroxyl groups is 1. The zero-order valence-corrected chi connectivity index (χ0v) is 19.8. The SMILES string of the molecule is COc1ccc(O)c(C(=O)c2cc(C#N)c(=O)n(-c3cccc(S(=O)(=O)N4CCCCC4)c3)c2)c1. The van der Waals surface area contributed by atoms with Crippen LogP contribution in [0.3, 0.4) is 0 Å². The number of carbonyl (C=O) groups is 1. The molecule has 0 amide bonds. The standard InChI is InChI=1S/C25H23N3O6S/c1-34-20-8-9-23(29)22(14-20)24(30)18-12-17(15-26)25(31)28(16-18)19-6-5-7-21(13-19)35(32,33)27-10-3-2-4-11-27/h5-9,12-14,16,29H,2-4,10-11H2,1H3. The fraction of sp³-hybridized carbons (Fsp3) is 0.240. The van der Waals surface area contributed by atoms with E-state index in [-0.39, 0.29) is 33.0 Å². The van der Waals surface area contributed by atoms with E-state index in [0.717, 1.165) is 29.9 Å². The van der Waals surface area contributed by atoms with Gasteiger partial charge >= 0.3 is 0 Å². The maximum absolute atomic E-state index is 13.2. The molecule has 0 aliphatic carbocycles. The van der Waals surface area contributed by atoms with Gasteiger partial charge in [-0.3, -0.25) is 14.2 Å². The van der Waals surface area contributed by atoms with Crippen LogP contribution in [0.1, 0.15) is 40.7 Å². The van der Waals surface area contributed by atoms with Crippen LogP contribution in [0.4, 0.5) is 0 Å². The summed E-state index contributed by atoms with van der Waals surface area (Å²) in [4.78, 5) is 26.1. The summed E-state index contributed by atoms with van der Waals surface area (Å²) in [7, 11) is -2.35. The van der Waals surface area contributed by atoms with Crippen molar-refractivity contribution in [1.29, 1.82) is 5.26 Å². The van der Waals surface area contributed by atoms with Crippen molar-refractivity contribution in [2.45, 2.75) is 24.2 Å². The average Bonchev–Trinajstić information content (AvgIpc) is 2.89. The summed E-state index contributed by atoms with van der Waals surface area (Å²) in [6, 6.07) is 12.9. The molecule has 1 aromatic heterocycles. The van der Waals surface area contributed by atoms with E-state index in [1.807, 2.05) is 0 Å². The Morgan fingerprint density at radius 1 is 1.09 bits per heavy atom. The molecule has 3 aromatic rings. The number of benzene rings is 2. The molecule has 0 bridgehead atoms. The number of hydrogen-bond acceptors (Lipinski definition) is 7. The predicted molar refractivity (Wildman–Crippen MR) is 127 cm³/mol. The monoisotopic (exact) mass is 493 g/mol. The summed E-state index contributed by atoms with van der Waals surface area (Å²) in [5, 5.41) is 19.7.